The molecule has 1 heterocycles. The van der Waals surface area contributed by atoms with Crippen LogP contribution in [0.2, 0.25) is 0 Å². The van der Waals surface area contributed by atoms with Crippen molar-refractivity contribution in [1.82, 2.24) is 0 Å². The molecule has 1 amide bonds. The van der Waals surface area contributed by atoms with E-state index in [1.54, 1.807) is 6.92 Å². The van der Waals surface area contributed by atoms with Gasteiger partial charge in [0.2, 0.25) is 5.91 Å². The summed E-state index contributed by atoms with van der Waals surface area (Å²) >= 11 is 0. The second-order valence-electron chi connectivity index (χ2n) is 6.22. The summed E-state index contributed by atoms with van der Waals surface area (Å²) < 4.78 is 0. The van der Waals surface area contributed by atoms with E-state index >= 15 is 0 Å². The molecule has 0 spiro atoms. The zero-order chi connectivity index (χ0) is 15.3. The first kappa shape index (κ1) is 15.8. The zero-order valence-corrected chi connectivity index (χ0v) is 13.2. The summed E-state index contributed by atoms with van der Waals surface area (Å²) in [6.07, 6.45) is 5.44. The molecule has 4 nitrogen and oxygen atoms in total. The number of carbonyl (C=O) groups is 1. The molecule has 1 unspecified atom stereocenters. The van der Waals surface area contributed by atoms with Crippen LogP contribution in [-0.2, 0) is 4.79 Å². The van der Waals surface area contributed by atoms with Crippen molar-refractivity contribution < 1.29 is 4.79 Å². The van der Waals surface area contributed by atoms with E-state index in [2.05, 4.69) is 22.3 Å². The summed E-state index contributed by atoms with van der Waals surface area (Å²) in [4.78, 5) is 14.6. The van der Waals surface area contributed by atoms with Crippen LogP contribution in [-0.4, -0.2) is 24.5 Å². The Morgan fingerprint density at radius 2 is 1.86 bits per heavy atom. The zero-order valence-electron chi connectivity index (χ0n) is 13.2. The molecule has 2 rings (SSSR count). The molecule has 0 saturated carbocycles. The molecule has 3 N–H and O–H groups in total. The van der Waals surface area contributed by atoms with E-state index in [4.69, 9.17) is 5.73 Å². The van der Waals surface area contributed by atoms with E-state index in [9.17, 15) is 4.79 Å². The number of nitrogens with two attached hydrogens (primary N) is 1. The second-order valence-corrected chi connectivity index (χ2v) is 6.22. The lowest BCUT2D eigenvalue weighted by atomic mass is 9.96. The van der Waals surface area contributed by atoms with Gasteiger partial charge in [-0.3, -0.25) is 4.79 Å². The summed E-state index contributed by atoms with van der Waals surface area (Å²) in [5.74, 6) is -0.116. The molecule has 1 saturated heterocycles. The predicted molar refractivity (Wildman–Crippen MR) is 88.6 cm³/mol. The quantitative estimate of drug-likeness (QED) is 0.875. The summed E-state index contributed by atoms with van der Waals surface area (Å²) in [5.41, 5.74) is 7.29. The van der Waals surface area contributed by atoms with Crippen LogP contribution in [0.5, 0.6) is 0 Å². The Labute approximate surface area is 127 Å². The van der Waals surface area contributed by atoms with Gasteiger partial charge < -0.3 is 16.0 Å². The van der Waals surface area contributed by atoms with Crippen molar-refractivity contribution in [2.24, 2.45) is 5.73 Å². The normalized spacial score (nSPS) is 18.1. The number of nitrogens with one attached hydrogen (secondary N) is 1. The molecule has 1 aliphatic heterocycles. The lowest BCUT2D eigenvalue weighted by Crippen LogP contribution is -2.48. The Hall–Kier alpha value is -1.55. The number of carbonyl (C=O) groups excluding carboxylic acids is 1. The van der Waals surface area contributed by atoms with Crippen LogP contribution in [0.25, 0.3) is 0 Å². The van der Waals surface area contributed by atoms with Gasteiger partial charge in [0.05, 0.1) is 5.54 Å². The van der Waals surface area contributed by atoms with Crippen molar-refractivity contribution in [2.45, 2.75) is 51.5 Å². The molecular formula is C17H27N3O. The Morgan fingerprint density at radius 1 is 1.24 bits per heavy atom. The lowest BCUT2D eigenvalue weighted by Gasteiger charge is -2.29. The third-order valence-electron chi connectivity index (χ3n) is 4.13. The number of hydrogen-bond donors (Lipinski definition) is 2. The van der Waals surface area contributed by atoms with Gasteiger partial charge in [-0.1, -0.05) is 13.3 Å². The predicted octanol–water partition coefficient (Wildman–Crippen LogP) is 3.13. The van der Waals surface area contributed by atoms with Gasteiger partial charge in [0.15, 0.2) is 0 Å². The molecule has 1 fully saturated rings. The topological polar surface area (TPSA) is 58.4 Å². The van der Waals surface area contributed by atoms with Crippen LogP contribution < -0.4 is 16.0 Å². The summed E-state index contributed by atoms with van der Waals surface area (Å²) in [6.45, 7) is 6.08. The number of benzene rings is 1. The van der Waals surface area contributed by atoms with Crippen LogP contribution in [0, 0.1) is 0 Å². The molecule has 1 aromatic carbocycles. The van der Waals surface area contributed by atoms with Gasteiger partial charge in [0.1, 0.15) is 0 Å². The average Bonchev–Trinajstić information content (AvgIpc) is 2.49. The van der Waals surface area contributed by atoms with Crippen molar-refractivity contribution in [3.05, 3.63) is 24.3 Å². The first-order valence-electron chi connectivity index (χ1n) is 7.98. The lowest BCUT2D eigenvalue weighted by molar-refractivity contribution is -0.120. The van der Waals surface area contributed by atoms with E-state index in [0.717, 1.165) is 25.2 Å². The van der Waals surface area contributed by atoms with Gasteiger partial charge in [-0.05, 0) is 56.9 Å². The Morgan fingerprint density at radius 3 is 2.43 bits per heavy atom. The average molecular weight is 289 g/mol. The largest absolute Gasteiger partial charge is 0.372 e. The molecule has 4 heteroatoms. The van der Waals surface area contributed by atoms with E-state index in [1.165, 1.54) is 24.9 Å². The minimum atomic E-state index is -0.805. The van der Waals surface area contributed by atoms with E-state index in [-0.39, 0.29) is 5.91 Å². The van der Waals surface area contributed by atoms with Crippen LogP contribution in [0.3, 0.4) is 0 Å². The van der Waals surface area contributed by atoms with E-state index in [1.807, 2.05) is 19.1 Å². The maximum atomic E-state index is 12.2. The fourth-order valence-electron chi connectivity index (χ4n) is 2.81. The highest BCUT2D eigenvalue weighted by Crippen LogP contribution is 2.22. The first-order chi connectivity index (χ1) is 10.0. The van der Waals surface area contributed by atoms with E-state index < -0.39 is 5.54 Å². The Bertz CT molecular complexity index is 461. The summed E-state index contributed by atoms with van der Waals surface area (Å²) in [5, 5.41) is 2.91. The molecule has 1 aromatic rings. The molecular weight excluding hydrogens is 262 g/mol. The van der Waals surface area contributed by atoms with Gasteiger partial charge in [0, 0.05) is 24.5 Å². The van der Waals surface area contributed by atoms with Gasteiger partial charge in [-0.2, -0.15) is 0 Å². The van der Waals surface area contributed by atoms with Gasteiger partial charge in [-0.25, -0.2) is 0 Å². The third kappa shape index (κ3) is 4.21. The second kappa shape index (κ2) is 6.94. The minimum absolute atomic E-state index is 0.116. The van der Waals surface area contributed by atoms with Crippen molar-refractivity contribution in [3.63, 3.8) is 0 Å². The molecule has 116 valence electrons. The molecule has 0 bridgehead atoms. The van der Waals surface area contributed by atoms with Crippen LogP contribution in [0.1, 0.15) is 46.0 Å². The van der Waals surface area contributed by atoms with Crippen molar-refractivity contribution in [3.8, 4) is 0 Å². The molecule has 0 aromatic heterocycles. The van der Waals surface area contributed by atoms with Crippen molar-refractivity contribution >= 4 is 17.3 Å². The first-order valence-corrected chi connectivity index (χ1v) is 7.98. The number of rotatable bonds is 5. The van der Waals surface area contributed by atoms with Crippen LogP contribution in [0.4, 0.5) is 11.4 Å². The fourth-order valence-corrected chi connectivity index (χ4v) is 2.81. The summed E-state index contributed by atoms with van der Waals surface area (Å²) in [7, 11) is 0. The standard InChI is InChI=1S/C17H27N3O/c1-3-11-17(2,18)16(21)19-14-7-9-15(10-8-14)20-12-5-4-6-13-20/h7-10H,3-6,11-13,18H2,1-2H3,(H,19,21). The Balaban J connectivity index is 1.97. The Kier molecular flexibility index (Phi) is 5.23. The van der Waals surface area contributed by atoms with Crippen LogP contribution in [0.15, 0.2) is 24.3 Å². The number of hydrogen-bond acceptors (Lipinski definition) is 3. The highest BCUT2D eigenvalue weighted by Gasteiger charge is 2.27. The molecule has 0 radical (unpaired) electrons. The fraction of sp³-hybridized carbons (Fsp3) is 0.588. The monoisotopic (exact) mass is 289 g/mol. The van der Waals surface area contributed by atoms with Crippen molar-refractivity contribution in [1.29, 1.82) is 0 Å². The number of piperidine rings is 1. The highest BCUT2D eigenvalue weighted by atomic mass is 16.2. The van der Waals surface area contributed by atoms with Gasteiger partial charge in [0.25, 0.3) is 0 Å². The number of nitrogens with zero attached hydrogens (tertiary/aromatic N) is 1. The number of amides is 1. The summed E-state index contributed by atoms with van der Waals surface area (Å²) in [6, 6.07) is 8.08. The van der Waals surface area contributed by atoms with Crippen LogP contribution >= 0.6 is 0 Å². The molecule has 1 atom stereocenters. The maximum absolute atomic E-state index is 12.2. The van der Waals surface area contributed by atoms with Crippen molar-refractivity contribution in [2.75, 3.05) is 23.3 Å². The maximum Gasteiger partial charge on any atom is 0.244 e. The van der Waals surface area contributed by atoms with Gasteiger partial charge >= 0.3 is 0 Å². The minimum Gasteiger partial charge on any atom is -0.372 e. The van der Waals surface area contributed by atoms with E-state index in [0.29, 0.717) is 6.42 Å². The molecule has 1 aliphatic rings. The molecule has 21 heavy (non-hydrogen) atoms. The third-order valence-corrected chi connectivity index (χ3v) is 4.13. The highest BCUT2D eigenvalue weighted by molar-refractivity contribution is 5.97. The molecule has 0 aliphatic carbocycles. The van der Waals surface area contributed by atoms with Gasteiger partial charge in [-0.15, -0.1) is 0 Å². The number of anilines is 2. The smallest absolute Gasteiger partial charge is 0.244 e. The SMILES string of the molecule is CCCC(C)(N)C(=O)Nc1ccc(N2CCCCC2)cc1.